The van der Waals surface area contributed by atoms with Gasteiger partial charge in [-0.2, -0.15) is 20.3 Å². The van der Waals surface area contributed by atoms with Crippen LogP contribution in [-0.4, -0.2) is 219 Å². The van der Waals surface area contributed by atoms with E-state index in [0.717, 1.165) is 77.0 Å². The Hall–Kier alpha value is 0.0675. The second-order valence-corrected chi connectivity index (χ2v) is 51.3. The van der Waals surface area contributed by atoms with Crippen LogP contribution in [0.1, 0.15) is 243 Å². The normalized spacial score (nSPS) is 30.8. The zero-order valence-corrected chi connectivity index (χ0v) is 67.8. The average Bonchev–Trinajstić information content (AvgIpc) is 0.805. The van der Waals surface area contributed by atoms with E-state index in [2.05, 4.69) is 157 Å². The molecule has 5 fully saturated rings. The van der Waals surface area contributed by atoms with E-state index in [9.17, 15) is 20.4 Å². The molecule has 5 saturated heterocycles. The van der Waals surface area contributed by atoms with Gasteiger partial charge in [-0.25, -0.2) is 0 Å². The number of aliphatic hydroxyl groups is 4. The van der Waals surface area contributed by atoms with Crippen LogP contribution in [0.5, 0.6) is 0 Å². The molecule has 0 atom stereocenters. The van der Waals surface area contributed by atoms with Crippen molar-refractivity contribution >= 4 is 34.2 Å². The monoisotopic (exact) mass is 1380 g/mol. The first-order valence-electron chi connectivity index (χ1n) is 35.2. The number of rotatable bonds is 32. The van der Waals surface area contributed by atoms with Crippen molar-refractivity contribution < 1.29 is 75.2 Å². The van der Waals surface area contributed by atoms with Crippen molar-refractivity contribution in [3.8, 4) is 0 Å². The van der Waals surface area contributed by atoms with E-state index >= 15 is 0 Å². The Morgan fingerprint density at radius 1 is 0.304 bits per heavy atom. The Morgan fingerprint density at radius 2 is 0.446 bits per heavy atom. The number of ether oxygens (including phenoxy) is 4. The van der Waals surface area contributed by atoms with Crippen LogP contribution in [0.15, 0.2) is 0 Å². The Morgan fingerprint density at radius 3 is 0.576 bits per heavy atom. The molecule has 4 N–H and O–H groups in total. The third-order valence-electron chi connectivity index (χ3n) is 18.6. The van der Waals surface area contributed by atoms with Gasteiger partial charge in [0, 0.05) is 70.7 Å². The summed E-state index contributed by atoms with van der Waals surface area (Å²) < 4.78 is 58.7. The fourth-order valence-corrected chi connectivity index (χ4v) is 39.5. The fourth-order valence-electron chi connectivity index (χ4n) is 16.3. The van der Waals surface area contributed by atoms with E-state index in [-0.39, 0.29) is 95.2 Å². The third kappa shape index (κ3) is 25.3. The second kappa shape index (κ2) is 30.3. The van der Waals surface area contributed by atoms with Gasteiger partial charge >= 0.3 is 34.2 Å². The van der Waals surface area contributed by atoms with Crippen molar-refractivity contribution in [1.82, 2.24) is 20.3 Å². The maximum absolute atomic E-state index is 10.6. The molecule has 0 aromatic heterocycles. The summed E-state index contributed by atoms with van der Waals surface area (Å²) in [4.78, 5) is 25.4. The minimum Gasteiger partial charge on any atom is -0.416 e. The molecule has 0 unspecified atom stereocenters. The first-order chi connectivity index (χ1) is 41.3. The highest BCUT2D eigenvalue weighted by molar-refractivity contribution is 6.93. The summed E-state index contributed by atoms with van der Waals surface area (Å²) in [6.45, 7) is 61.3. The largest absolute Gasteiger partial charge is 0.416 e. The maximum Gasteiger partial charge on any atom is 0.317 e. The number of hydroxylamine groups is 8. The summed E-state index contributed by atoms with van der Waals surface area (Å²) in [7, 11) is -12.4. The van der Waals surface area contributed by atoms with Crippen LogP contribution in [0.25, 0.3) is 0 Å². The van der Waals surface area contributed by atoms with Crippen LogP contribution in [0.2, 0.25) is 50.4 Å². The minimum absolute atomic E-state index is 0.00813. The second-order valence-electron chi connectivity index (χ2n) is 37.0. The first kappa shape index (κ1) is 82.7. The van der Waals surface area contributed by atoms with Crippen LogP contribution in [0.3, 0.4) is 0 Å². The molecule has 0 aliphatic carbocycles. The van der Waals surface area contributed by atoms with Gasteiger partial charge in [-0.15, -0.1) is 0 Å². The van der Waals surface area contributed by atoms with Crippen molar-refractivity contribution in [3.63, 3.8) is 0 Å². The number of hydrogen-bond donors (Lipinski definition) is 4. The molecule has 92 heavy (non-hydrogen) atoms. The summed E-state index contributed by atoms with van der Waals surface area (Å²) in [6.07, 6.45) is 9.26. The molecule has 0 spiro atoms. The van der Waals surface area contributed by atoms with E-state index in [1.165, 1.54) is 0 Å². The van der Waals surface area contributed by atoms with Gasteiger partial charge in [0.25, 0.3) is 0 Å². The summed E-state index contributed by atoms with van der Waals surface area (Å²) in [5.74, 6) is 0. The van der Waals surface area contributed by atoms with E-state index in [4.69, 9.17) is 54.8 Å². The van der Waals surface area contributed by atoms with Crippen LogP contribution >= 0.6 is 0 Å². The molecular formula is C68H140N4O16Si4. The summed E-state index contributed by atoms with van der Waals surface area (Å²) >= 11 is 0. The number of nitrogens with zero attached hydrogens (tertiary/aromatic N) is 4. The predicted molar refractivity (Wildman–Crippen MR) is 373 cm³/mol. The number of hydrogen-bond acceptors (Lipinski definition) is 20. The van der Waals surface area contributed by atoms with E-state index in [1.54, 1.807) is 55.4 Å². The molecule has 20 nitrogen and oxygen atoms in total. The Labute approximate surface area is 564 Å². The van der Waals surface area contributed by atoms with Gasteiger partial charge < -0.3 is 55.8 Å². The third-order valence-corrected chi connectivity index (χ3v) is 37.5. The van der Waals surface area contributed by atoms with E-state index < -0.39 is 56.6 Å². The highest BCUT2D eigenvalue weighted by Crippen LogP contribution is 2.46. The van der Waals surface area contributed by atoms with Crippen molar-refractivity contribution in [2.45, 2.75) is 385 Å². The van der Waals surface area contributed by atoms with Crippen LogP contribution in [0.4, 0.5) is 0 Å². The lowest BCUT2D eigenvalue weighted by atomic mass is 9.80. The minimum atomic E-state index is -3.11. The Balaban J connectivity index is 1.40. The molecule has 5 heterocycles. The van der Waals surface area contributed by atoms with Crippen LogP contribution < -0.4 is 0 Å². The molecule has 0 aromatic carbocycles. The molecule has 544 valence electrons. The summed E-state index contributed by atoms with van der Waals surface area (Å²) in [5.41, 5.74) is -6.48. The standard InChI is InChI=1S/C68H140N4O16Si4/c1-57(2)41-53(42-58(3,4)69(57)81-49-65(17,18)73)77-33-29-37-89(25)85-90(26,38-30-34-78-54-43-59(5,6)70(60(7,8)44-54)82-50-66(19,20)74)87-92(28,40-32-36-80-56-47-63(13,14)72(64(15,16)48-56)84-52-68(23,24)76)88-91(27,86-89)39-31-35-79-55-45-61(9,10)71(62(11,12)46-55)83-51-67(21,22)75/h53-56,73-76H,29-52H2,1-28H3. The Bertz CT molecular complexity index is 1910. The van der Waals surface area contributed by atoms with Gasteiger partial charge in [0.15, 0.2) is 0 Å². The molecule has 5 rings (SSSR count). The zero-order chi connectivity index (χ0) is 70.1. The maximum atomic E-state index is 10.6. The molecule has 0 saturated carbocycles. The Kier molecular flexibility index (Phi) is 27.3. The average molecular weight is 1380 g/mol. The zero-order valence-electron chi connectivity index (χ0n) is 63.8. The summed E-state index contributed by atoms with van der Waals surface area (Å²) in [6, 6.07) is 2.81. The van der Waals surface area contributed by atoms with Crippen molar-refractivity contribution in [1.29, 1.82) is 0 Å². The van der Waals surface area contributed by atoms with Gasteiger partial charge in [-0.1, -0.05) is 0 Å². The van der Waals surface area contributed by atoms with Crippen molar-refractivity contribution in [2.24, 2.45) is 0 Å². The highest BCUT2D eigenvalue weighted by atomic mass is 28.5. The van der Waals surface area contributed by atoms with Gasteiger partial charge in [0.1, 0.15) is 0 Å². The van der Waals surface area contributed by atoms with E-state index in [1.807, 2.05) is 0 Å². The number of piperidine rings is 4. The van der Waals surface area contributed by atoms with Gasteiger partial charge in [-0.05, 0) is 294 Å². The van der Waals surface area contributed by atoms with E-state index in [0.29, 0.717) is 50.6 Å². The smallest absolute Gasteiger partial charge is 0.317 e. The fraction of sp³-hybridized carbons (Fsp3) is 1.00. The predicted octanol–water partition coefficient (Wildman–Crippen LogP) is 12.9. The molecular weight excluding hydrogens is 1240 g/mol. The molecule has 0 amide bonds. The molecule has 5 aliphatic heterocycles. The van der Waals surface area contributed by atoms with Crippen LogP contribution in [0, 0.1) is 0 Å². The highest BCUT2D eigenvalue weighted by Gasteiger charge is 2.58. The van der Waals surface area contributed by atoms with Crippen molar-refractivity contribution in [3.05, 3.63) is 0 Å². The van der Waals surface area contributed by atoms with Gasteiger partial charge in [0.05, 0.1) is 73.2 Å². The lowest BCUT2D eigenvalue weighted by Crippen LogP contribution is -2.67. The molecule has 0 radical (unpaired) electrons. The van der Waals surface area contributed by atoms with Gasteiger partial charge in [0.2, 0.25) is 0 Å². The molecule has 0 bridgehead atoms. The summed E-state index contributed by atoms with van der Waals surface area (Å²) in [5, 5.41) is 50.6. The lowest BCUT2D eigenvalue weighted by Gasteiger charge is -2.54. The molecule has 5 aliphatic rings. The van der Waals surface area contributed by atoms with Gasteiger partial charge in [-0.3, -0.25) is 19.4 Å². The topological polar surface area (TPSA) is 205 Å². The van der Waals surface area contributed by atoms with Crippen LogP contribution in [-0.2, 0) is 54.8 Å². The quantitative estimate of drug-likeness (QED) is 0.0365. The SMILES string of the molecule is CC(C)(O)CON1C(C)(C)CC(OCCC[Si]2(C)O[Si](C)(CCCOC3CC(C)(C)N(OCC(C)(C)O)C(C)(C)C3)O[Si](C)(CCCOC3CC(C)(C)N(OCC(C)(C)O)C(C)(C)C3)O[Si](C)(CCCOC3CC(C)(C)N(OCC(C)(C)O)C(C)(C)C3)O2)CC1(C)C. The van der Waals surface area contributed by atoms with Crippen molar-refractivity contribution in [2.75, 3.05) is 52.9 Å². The molecule has 0 aromatic rings. The lowest BCUT2D eigenvalue weighted by molar-refractivity contribution is -0.308. The molecule has 24 heteroatoms. The first-order valence-corrected chi connectivity index (χ1v) is 45.3.